The third-order valence-electron chi connectivity index (χ3n) is 3.46. The van der Waals surface area contributed by atoms with Crippen molar-refractivity contribution in [3.05, 3.63) is 22.2 Å². The van der Waals surface area contributed by atoms with Gasteiger partial charge >= 0.3 is 17.6 Å². The molecule has 1 aromatic heterocycles. The van der Waals surface area contributed by atoms with Crippen LogP contribution in [0.1, 0.15) is 25.7 Å². The minimum Gasteiger partial charge on any atom is -0.481 e. The minimum absolute atomic E-state index is 0.172. The van der Waals surface area contributed by atoms with Gasteiger partial charge in [0.05, 0.1) is 4.92 Å². The Morgan fingerprint density at radius 1 is 1.44 bits per heavy atom. The van der Waals surface area contributed by atoms with E-state index in [4.69, 9.17) is 9.84 Å². The number of amides is 1. The molecule has 11 heteroatoms. The van der Waals surface area contributed by atoms with E-state index in [1.807, 2.05) is 0 Å². The van der Waals surface area contributed by atoms with E-state index in [-0.39, 0.29) is 30.6 Å². The zero-order valence-corrected chi connectivity index (χ0v) is 12.9. The molecule has 1 fully saturated rings. The summed E-state index contributed by atoms with van der Waals surface area (Å²) in [6.45, 7) is 0. The summed E-state index contributed by atoms with van der Waals surface area (Å²) in [4.78, 5) is 48.4. The van der Waals surface area contributed by atoms with Crippen LogP contribution in [0.25, 0.3) is 0 Å². The molecular formula is C14H15N3O8. The molecule has 0 spiro atoms. The molecule has 0 aromatic carbocycles. The fourth-order valence-electron chi connectivity index (χ4n) is 2.07. The quantitative estimate of drug-likeness (QED) is 0.352. The molecule has 1 saturated carbocycles. The molecule has 1 aliphatic carbocycles. The van der Waals surface area contributed by atoms with Gasteiger partial charge in [0.15, 0.2) is 0 Å². The summed E-state index contributed by atoms with van der Waals surface area (Å²) >= 11 is 0. The summed E-state index contributed by atoms with van der Waals surface area (Å²) < 4.78 is 5.35. The van der Waals surface area contributed by atoms with Crippen LogP contribution in [0.3, 0.4) is 0 Å². The summed E-state index contributed by atoms with van der Waals surface area (Å²) in [5, 5.41) is 29.0. The first-order valence-corrected chi connectivity index (χ1v) is 7.33. The van der Waals surface area contributed by atoms with Crippen LogP contribution in [0.5, 0.6) is 5.88 Å². The van der Waals surface area contributed by atoms with E-state index in [9.17, 15) is 29.6 Å². The molecule has 0 bridgehead atoms. The Balaban J connectivity index is 2.34. The van der Waals surface area contributed by atoms with Gasteiger partial charge in [0.2, 0.25) is 6.41 Å². The van der Waals surface area contributed by atoms with Crippen LogP contribution in [-0.4, -0.2) is 50.6 Å². The van der Waals surface area contributed by atoms with Crippen molar-refractivity contribution in [3.8, 4) is 5.88 Å². The summed E-state index contributed by atoms with van der Waals surface area (Å²) in [6.07, 6.45) is 0.609. The van der Waals surface area contributed by atoms with Crippen molar-refractivity contribution < 1.29 is 34.3 Å². The normalized spacial score (nSPS) is 14.4. The van der Waals surface area contributed by atoms with E-state index in [2.05, 4.69) is 4.98 Å². The van der Waals surface area contributed by atoms with Gasteiger partial charge in [-0.1, -0.05) is 0 Å². The first-order chi connectivity index (χ1) is 11.8. The fraction of sp³-hybridized carbons (Fsp3) is 0.429. The molecule has 25 heavy (non-hydrogen) atoms. The molecule has 1 amide bonds. The number of carboxylic acid groups (broad SMARTS) is 2. The largest absolute Gasteiger partial charge is 0.481 e. The van der Waals surface area contributed by atoms with Crippen LogP contribution in [0.4, 0.5) is 11.5 Å². The van der Waals surface area contributed by atoms with Gasteiger partial charge in [-0.15, -0.1) is 0 Å². The molecular weight excluding hydrogens is 338 g/mol. The number of hydrogen-bond donors (Lipinski definition) is 2. The lowest BCUT2D eigenvalue weighted by Crippen LogP contribution is -2.41. The average Bonchev–Trinajstić information content (AvgIpc) is 3.34. The Hall–Kier alpha value is -3.24. The lowest BCUT2D eigenvalue weighted by atomic mass is 10.1. The van der Waals surface area contributed by atoms with Crippen molar-refractivity contribution in [1.82, 2.24) is 4.98 Å². The van der Waals surface area contributed by atoms with Crippen LogP contribution < -0.4 is 9.64 Å². The van der Waals surface area contributed by atoms with Crippen molar-refractivity contribution in [2.24, 2.45) is 0 Å². The van der Waals surface area contributed by atoms with E-state index in [0.717, 1.165) is 29.9 Å². The number of hydrogen-bond acceptors (Lipinski definition) is 7. The van der Waals surface area contributed by atoms with E-state index < -0.39 is 35.0 Å². The molecule has 1 aromatic rings. The number of aliphatic carboxylic acids is 2. The highest BCUT2D eigenvalue weighted by Crippen LogP contribution is 2.33. The number of nitrogens with zero attached hydrogens (tertiary/aromatic N) is 3. The van der Waals surface area contributed by atoms with Crippen molar-refractivity contribution in [1.29, 1.82) is 0 Å². The summed E-state index contributed by atoms with van der Waals surface area (Å²) in [5.74, 6) is -3.11. The van der Waals surface area contributed by atoms with E-state index in [0.29, 0.717) is 0 Å². The van der Waals surface area contributed by atoms with Crippen LogP contribution in [0.15, 0.2) is 12.1 Å². The predicted octanol–water partition coefficient (Wildman–Crippen LogP) is 0.812. The molecule has 0 radical (unpaired) electrons. The number of carbonyl (C=O) groups is 3. The van der Waals surface area contributed by atoms with Crippen LogP contribution in [-0.2, 0) is 14.4 Å². The van der Waals surface area contributed by atoms with Gasteiger partial charge < -0.3 is 14.9 Å². The van der Waals surface area contributed by atoms with Crippen molar-refractivity contribution in [2.75, 3.05) is 4.90 Å². The summed E-state index contributed by atoms with van der Waals surface area (Å²) in [6, 6.07) is 0.701. The highest BCUT2D eigenvalue weighted by atomic mass is 16.6. The average molecular weight is 353 g/mol. The van der Waals surface area contributed by atoms with Gasteiger partial charge in [-0.25, -0.2) is 4.79 Å². The summed E-state index contributed by atoms with van der Waals surface area (Å²) in [5.41, 5.74) is -0.404. The molecule has 2 rings (SSSR count). The number of rotatable bonds is 10. The Morgan fingerprint density at radius 3 is 2.60 bits per heavy atom. The molecule has 11 nitrogen and oxygen atoms in total. The number of aromatic nitrogens is 1. The van der Waals surface area contributed by atoms with Crippen molar-refractivity contribution in [3.63, 3.8) is 0 Å². The Bertz CT molecular complexity index is 703. The number of ether oxygens (including phenoxy) is 1. The molecule has 0 saturated heterocycles. The second kappa shape index (κ2) is 7.55. The summed E-state index contributed by atoms with van der Waals surface area (Å²) in [7, 11) is 0. The second-order valence-electron chi connectivity index (χ2n) is 5.37. The number of carboxylic acids is 2. The molecule has 1 aliphatic rings. The van der Waals surface area contributed by atoms with E-state index in [1.165, 1.54) is 0 Å². The maximum Gasteiger partial charge on any atom is 0.331 e. The number of carbonyl (C=O) groups excluding carboxylic acids is 1. The highest BCUT2D eigenvalue weighted by Gasteiger charge is 2.32. The van der Waals surface area contributed by atoms with Crippen molar-refractivity contribution >= 4 is 29.9 Å². The zero-order chi connectivity index (χ0) is 18.6. The number of nitro groups is 1. The molecule has 0 aliphatic heterocycles. The molecule has 2 N–H and O–H groups in total. The molecule has 1 atom stereocenters. The SMILES string of the molecule is O=CN(c1ccc([N+](=O)[O-])c(OC2CC2)n1)[C@@H](CCC(=O)O)C(=O)O. The lowest BCUT2D eigenvalue weighted by molar-refractivity contribution is -0.386. The van der Waals surface area contributed by atoms with Crippen molar-refractivity contribution in [2.45, 2.75) is 37.8 Å². The van der Waals surface area contributed by atoms with Crippen LogP contribution in [0, 0.1) is 10.1 Å². The fourth-order valence-corrected chi connectivity index (χ4v) is 2.07. The topological polar surface area (TPSA) is 160 Å². The zero-order valence-electron chi connectivity index (χ0n) is 12.9. The number of anilines is 1. The van der Waals surface area contributed by atoms with Gasteiger partial charge in [0.25, 0.3) is 5.88 Å². The number of pyridine rings is 1. The predicted molar refractivity (Wildman–Crippen MR) is 81.4 cm³/mol. The van der Waals surface area contributed by atoms with Gasteiger partial charge in [0, 0.05) is 12.5 Å². The standard InChI is InChI=1S/C14H15N3O8/c18-7-16(10(14(21)22)4-6-12(19)20)11-5-3-9(17(23)24)13(15-11)25-8-1-2-8/h3,5,7-8,10H,1-2,4,6H2,(H,19,20)(H,21,22)/t10-/m0/s1. The Morgan fingerprint density at radius 2 is 2.12 bits per heavy atom. The lowest BCUT2D eigenvalue weighted by Gasteiger charge is -2.23. The third kappa shape index (κ3) is 4.62. The maximum atomic E-state index is 11.4. The maximum absolute atomic E-state index is 11.4. The first-order valence-electron chi connectivity index (χ1n) is 7.33. The second-order valence-corrected chi connectivity index (χ2v) is 5.37. The smallest absolute Gasteiger partial charge is 0.331 e. The molecule has 1 heterocycles. The van der Waals surface area contributed by atoms with Gasteiger partial charge in [-0.3, -0.25) is 24.6 Å². The monoisotopic (exact) mass is 353 g/mol. The molecule has 0 unspecified atom stereocenters. The van der Waals surface area contributed by atoms with E-state index >= 15 is 0 Å². The minimum atomic E-state index is -1.48. The van der Waals surface area contributed by atoms with E-state index in [1.54, 1.807) is 0 Å². The Kier molecular flexibility index (Phi) is 5.47. The van der Waals surface area contributed by atoms with Crippen LogP contribution >= 0.6 is 0 Å². The molecule has 134 valence electrons. The Labute approximate surface area is 141 Å². The van der Waals surface area contributed by atoms with Gasteiger partial charge in [-0.2, -0.15) is 4.98 Å². The first kappa shape index (κ1) is 18.1. The van der Waals surface area contributed by atoms with Gasteiger partial charge in [-0.05, 0) is 25.3 Å². The van der Waals surface area contributed by atoms with Crippen LogP contribution in [0.2, 0.25) is 0 Å². The highest BCUT2D eigenvalue weighted by molar-refractivity contribution is 5.87. The van der Waals surface area contributed by atoms with Gasteiger partial charge in [0.1, 0.15) is 18.0 Å². The third-order valence-corrected chi connectivity index (χ3v) is 3.46.